The van der Waals surface area contributed by atoms with E-state index in [9.17, 15) is 4.79 Å². The quantitative estimate of drug-likeness (QED) is 0.863. The molecule has 1 aliphatic heterocycles. The highest BCUT2D eigenvalue weighted by molar-refractivity contribution is 7.99. The van der Waals surface area contributed by atoms with E-state index < -0.39 is 0 Å². The molecule has 2 unspecified atom stereocenters. The molecule has 0 aliphatic carbocycles. The maximum absolute atomic E-state index is 12.5. The van der Waals surface area contributed by atoms with Crippen LogP contribution in [0.25, 0.3) is 0 Å². The van der Waals surface area contributed by atoms with Gasteiger partial charge in [-0.15, -0.1) is 12.4 Å². The van der Waals surface area contributed by atoms with Crippen LogP contribution in [0.3, 0.4) is 0 Å². The van der Waals surface area contributed by atoms with Crippen LogP contribution in [0.4, 0.5) is 0 Å². The number of hydrogen-bond acceptors (Lipinski definition) is 3. The smallest absolute Gasteiger partial charge is 0.222 e. The van der Waals surface area contributed by atoms with Crippen molar-refractivity contribution in [3.05, 3.63) is 35.4 Å². The number of carbonyl (C=O) groups excluding carboxylic acids is 1. The topological polar surface area (TPSA) is 41.1 Å². The average molecular weight is 357 g/mol. The lowest BCUT2D eigenvalue weighted by molar-refractivity contribution is -0.123. The Labute approximate surface area is 150 Å². The largest absolute Gasteiger partial charge is 0.349 e. The number of rotatable bonds is 4. The van der Waals surface area contributed by atoms with Gasteiger partial charge in [-0.2, -0.15) is 11.8 Å². The maximum Gasteiger partial charge on any atom is 0.222 e. The Balaban J connectivity index is 0.00000264. The number of thioether (sulfide) groups is 1. The number of benzene rings is 1. The van der Waals surface area contributed by atoms with Crippen LogP contribution in [0, 0.1) is 12.3 Å². The van der Waals surface area contributed by atoms with Gasteiger partial charge < -0.3 is 10.6 Å². The van der Waals surface area contributed by atoms with Crippen LogP contribution < -0.4 is 10.6 Å². The lowest BCUT2D eigenvalue weighted by atomic mass is 9.80. The Bertz CT molecular complexity index is 510. The maximum atomic E-state index is 12.5. The lowest BCUT2D eigenvalue weighted by Gasteiger charge is -2.33. The summed E-state index contributed by atoms with van der Waals surface area (Å²) >= 11 is 1.93. The van der Waals surface area contributed by atoms with Crippen LogP contribution in [-0.4, -0.2) is 30.0 Å². The number of carbonyl (C=O) groups is 1. The first-order valence-electron chi connectivity index (χ1n) is 8.04. The molecule has 1 amide bonds. The third-order valence-electron chi connectivity index (χ3n) is 4.10. The van der Waals surface area contributed by atoms with E-state index in [1.54, 1.807) is 0 Å². The van der Waals surface area contributed by atoms with Gasteiger partial charge in [-0.3, -0.25) is 4.79 Å². The van der Waals surface area contributed by atoms with Crippen LogP contribution in [0.5, 0.6) is 0 Å². The monoisotopic (exact) mass is 356 g/mol. The standard InChI is InChI=1S/C18H28N2OS.ClH/c1-13-7-5-6-8-15(13)17(18(2,3)4)20-16(21)11-14-12-22-10-9-19-14;/h5-8,14,17,19H,9-12H2,1-4H3,(H,20,21);1H. The predicted octanol–water partition coefficient (Wildman–Crippen LogP) is 3.72. The summed E-state index contributed by atoms with van der Waals surface area (Å²) in [5.74, 6) is 2.31. The molecule has 1 aromatic carbocycles. The number of hydrogen-bond donors (Lipinski definition) is 2. The molecule has 2 rings (SSSR count). The van der Waals surface area contributed by atoms with Crippen molar-refractivity contribution in [1.29, 1.82) is 0 Å². The zero-order valence-corrected chi connectivity index (χ0v) is 16.2. The zero-order chi connectivity index (χ0) is 16.2. The molecule has 0 bridgehead atoms. The Morgan fingerprint density at radius 2 is 2.09 bits per heavy atom. The molecule has 0 spiro atoms. The average Bonchev–Trinajstić information content (AvgIpc) is 2.46. The third kappa shape index (κ3) is 6.02. The first kappa shape index (κ1) is 20.3. The highest BCUT2D eigenvalue weighted by Crippen LogP contribution is 2.34. The van der Waals surface area contributed by atoms with Gasteiger partial charge in [0.1, 0.15) is 0 Å². The van der Waals surface area contributed by atoms with Gasteiger partial charge in [-0.1, -0.05) is 45.0 Å². The molecule has 0 saturated carbocycles. The number of nitrogens with one attached hydrogen (secondary N) is 2. The summed E-state index contributed by atoms with van der Waals surface area (Å²) in [7, 11) is 0. The minimum absolute atomic E-state index is 0. The molecule has 5 heteroatoms. The summed E-state index contributed by atoms with van der Waals surface area (Å²) in [6.07, 6.45) is 0.561. The Morgan fingerprint density at radius 1 is 1.39 bits per heavy atom. The van der Waals surface area contributed by atoms with E-state index in [1.165, 1.54) is 11.1 Å². The van der Waals surface area contributed by atoms with Crippen LogP contribution in [0.2, 0.25) is 0 Å². The highest BCUT2D eigenvalue weighted by atomic mass is 35.5. The van der Waals surface area contributed by atoms with Gasteiger partial charge in [-0.25, -0.2) is 0 Å². The predicted molar refractivity (Wildman–Crippen MR) is 102 cm³/mol. The van der Waals surface area contributed by atoms with Crippen molar-refractivity contribution >= 4 is 30.1 Å². The molecular weight excluding hydrogens is 328 g/mol. The van der Waals surface area contributed by atoms with E-state index >= 15 is 0 Å². The molecular formula is C18H29ClN2OS. The summed E-state index contributed by atoms with van der Waals surface area (Å²) < 4.78 is 0. The van der Waals surface area contributed by atoms with Gasteiger partial charge in [0.15, 0.2) is 0 Å². The second kappa shape index (κ2) is 8.95. The third-order valence-corrected chi connectivity index (χ3v) is 5.23. The summed E-state index contributed by atoms with van der Waals surface area (Å²) in [5, 5.41) is 6.70. The summed E-state index contributed by atoms with van der Waals surface area (Å²) in [6, 6.07) is 8.67. The van der Waals surface area contributed by atoms with Gasteiger partial charge >= 0.3 is 0 Å². The molecule has 1 aliphatic rings. The van der Waals surface area contributed by atoms with Crippen molar-refractivity contribution in [3.8, 4) is 0 Å². The molecule has 1 fully saturated rings. The summed E-state index contributed by atoms with van der Waals surface area (Å²) in [6.45, 7) is 9.65. The molecule has 1 saturated heterocycles. The zero-order valence-electron chi connectivity index (χ0n) is 14.5. The van der Waals surface area contributed by atoms with Crippen LogP contribution in [-0.2, 0) is 4.79 Å². The van der Waals surface area contributed by atoms with Crippen molar-refractivity contribution in [2.24, 2.45) is 5.41 Å². The lowest BCUT2D eigenvalue weighted by Crippen LogP contribution is -2.43. The van der Waals surface area contributed by atoms with Crippen LogP contribution in [0.15, 0.2) is 24.3 Å². The Hall–Kier alpha value is -0.710. The highest BCUT2D eigenvalue weighted by Gasteiger charge is 2.29. The Kier molecular flexibility index (Phi) is 7.91. The minimum atomic E-state index is -0.0173. The Morgan fingerprint density at radius 3 is 2.65 bits per heavy atom. The fourth-order valence-corrected chi connectivity index (χ4v) is 3.82. The fraction of sp³-hybridized carbons (Fsp3) is 0.611. The van der Waals surface area contributed by atoms with Crippen LogP contribution >= 0.6 is 24.2 Å². The summed E-state index contributed by atoms with van der Waals surface area (Å²) in [5.41, 5.74) is 2.43. The molecule has 3 nitrogen and oxygen atoms in total. The molecule has 0 radical (unpaired) electrons. The van der Waals surface area contributed by atoms with Gasteiger partial charge in [0.25, 0.3) is 0 Å². The van der Waals surface area contributed by atoms with Gasteiger partial charge in [0.05, 0.1) is 6.04 Å². The number of amides is 1. The van der Waals surface area contributed by atoms with E-state index in [0.717, 1.165) is 18.1 Å². The van der Waals surface area contributed by atoms with Gasteiger partial charge in [0, 0.05) is 30.5 Å². The second-order valence-electron chi connectivity index (χ2n) is 7.15. The molecule has 130 valence electrons. The van der Waals surface area contributed by atoms with Crippen LogP contribution in [0.1, 0.15) is 44.4 Å². The van der Waals surface area contributed by atoms with Gasteiger partial charge in [0.2, 0.25) is 5.91 Å². The van der Waals surface area contributed by atoms with Gasteiger partial charge in [-0.05, 0) is 23.5 Å². The van der Waals surface area contributed by atoms with E-state index in [1.807, 2.05) is 23.9 Å². The number of halogens is 1. The molecule has 23 heavy (non-hydrogen) atoms. The van der Waals surface area contributed by atoms with Crippen molar-refractivity contribution < 1.29 is 4.79 Å². The molecule has 2 atom stereocenters. The van der Waals surface area contributed by atoms with E-state index in [4.69, 9.17) is 0 Å². The van der Waals surface area contributed by atoms with E-state index in [-0.39, 0.29) is 29.8 Å². The first-order valence-corrected chi connectivity index (χ1v) is 9.19. The first-order chi connectivity index (χ1) is 10.4. The van der Waals surface area contributed by atoms with E-state index in [2.05, 4.69) is 50.5 Å². The van der Waals surface area contributed by atoms with Crippen molar-refractivity contribution in [3.63, 3.8) is 0 Å². The van der Waals surface area contributed by atoms with E-state index in [0.29, 0.717) is 12.5 Å². The number of aryl methyl sites for hydroxylation is 1. The van der Waals surface area contributed by atoms with Crippen molar-refractivity contribution in [1.82, 2.24) is 10.6 Å². The van der Waals surface area contributed by atoms with Crippen molar-refractivity contribution in [2.45, 2.75) is 46.2 Å². The minimum Gasteiger partial charge on any atom is -0.349 e. The summed E-state index contributed by atoms with van der Waals surface area (Å²) in [4.78, 5) is 12.5. The van der Waals surface area contributed by atoms with Crippen molar-refractivity contribution in [2.75, 3.05) is 18.1 Å². The SMILES string of the molecule is Cc1ccccc1C(NC(=O)CC1CSCCN1)C(C)(C)C.Cl. The molecule has 1 heterocycles. The molecule has 2 N–H and O–H groups in total. The molecule has 0 aromatic heterocycles. The second-order valence-corrected chi connectivity index (χ2v) is 8.30. The fourth-order valence-electron chi connectivity index (χ4n) is 2.87. The molecule has 1 aromatic rings. The normalized spacial score (nSPS) is 19.6.